The number of carbonyl (C=O) groups excluding carboxylic acids is 2. The zero-order valence-electron chi connectivity index (χ0n) is 14.9. The van der Waals surface area contributed by atoms with Gasteiger partial charge in [-0.05, 0) is 37.6 Å². The molecule has 3 rings (SSSR count). The van der Waals surface area contributed by atoms with E-state index < -0.39 is 0 Å². The van der Waals surface area contributed by atoms with Crippen LogP contribution in [0.15, 0.2) is 24.3 Å². The first-order valence-corrected chi connectivity index (χ1v) is 9.07. The van der Waals surface area contributed by atoms with Crippen molar-refractivity contribution < 1.29 is 14.3 Å². The Balaban J connectivity index is 1.46. The fourth-order valence-corrected chi connectivity index (χ4v) is 3.24. The molecule has 0 radical (unpaired) electrons. The number of nitrogens with zero attached hydrogens (tertiary/aromatic N) is 2. The number of piperazine rings is 1. The maximum absolute atomic E-state index is 12.5. The Bertz CT molecular complexity index is 588. The lowest BCUT2D eigenvalue weighted by Gasteiger charge is -2.32. The molecule has 2 fully saturated rings. The second-order valence-electron chi connectivity index (χ2n) is 6.91. The number of ether oxygens (including phenoxy) is 1. The van der Waals surface area contributed by atoms with E-state index in [1.807, 2.05) is 29.2 Å². The summed E-state index contributed by atoms with van der Waals surface area (Å²) in [6, 6.07) is 7.52. The van der Waals surface area contributed by atoms with Gasteiger partial charge in [-0.15, -0.1) is 0 Å². The van der Waals surface area contributed by atoms with Crippen LogP contribution in [-0.4, -0.2) is 67.6 Å². The fourth-order valence-electron chi connectivity index (χ4n) is 3.24. The van der Waals surface area contributed by atoms with Crippen LogP contribution in [0.4, 0.5) is 0 Å². The van der Waals surface area contributed by atoms with Crippen LogP contribution in [-0.2, 0) is 16.1 Å². The van der Waals surface area contributed by atoms with E-state index >= 15 is 0 Å². The van der Waals surface area contributed by atoms with E-state index in [1.165, 1.54) is 0 Å². The summed E-state index contributed by atoms with van der Waals surface area (Å²) in [6.45, 7) is 4.63. The molecule has 2 saturated heterocycles. The molecule has 2 aliphatic heterocycles. The molecule has 6 heteroatoms. The number of likely N-dealkylation sites (N-methyl/N-ethyl adjacent to an activating group) is 1. The largest absolute Gasteiger partial charge is 0.378 e. The molecule has 0 spiro atoms. The maximum atomic E-state index is 12.5. The normalized spacial score (nSPS) is 21.3. The van der Waals surface area contributed by atoms with E-state index in [0.29, 0.717) is 18.5 Å². The van der Waals surface area contributed by atoms with E-state index in [1.54, 1.807) is 0 Å². The molecule has 1 N–H and O–H groups in total. The number of benzene rings is 1. The first-order chi connectivity index (χ1) is 12.1. The third-order valence-electron chi connectivity index (χ3n) is 4.92. The summed E-state index contributed by atoms with van der Waals surface area (Å²) in [4.78, 5) is 28.6. The van der Waals surface area contributed by atoms with Crippen LogP contribution in [0, 0.1) is 0 Å². The minimum Gasteiger partial charge on any atom is -0.378 e. The van der Waals surface area contributed by atoms with Gasteiger partial charge in [-0.2, -0.15) is 0 Å². The van der Waals surface area contributed by atoms with E-state index in [0.717, 1.165) is 51.2 Å². The van der Waals surface area contributed by atoms with Crippen LogP contribution in [0.1, 0.15) is 35.2 Å². The molecule has 2 heterocycles. The smallest absolute Gasteiger partial charge is 0.253 e. The highest BCUT2D eigenvalue weighted by Crippen LogP contribution is 2.15. The summed E-state index contributed by atoms with van der Waals surface area (Å²) in [5.74, 6) is 0.103. The van der Waals surface area contributed by atoms with Gasteiger partial charge in [-0.1, -0.05) is 12.1 Å². The third-order valence-corrected chi connectivity index (χ3v) is 4.92. The van der Waals surface area contributed by atoms with Gasteiger partial charge in [0.05, 0.1) is 12.5 Å². The van der Waals surface area contributed by atoms with Crippen LogP contribution in [0.25, 0.3) is 0 Å². The van der Waals surface area contributed by atoms with Crippen LogP contribution >= 0.6 is 0 Å². The number of hydrogen-bond acceptors (Lipinski definition) is 4. The lowest BCUT2D eigenvalue weighted by atomic mass is 10.1. The highest BCUT2D eigenvalue weighted by molar-refractivity contribution is 5.94. The van der Waals surface area contributed by atoms with Crippen molar-refractivity contribution in [3.05, 3.63) is 35.4 Å². The highest BCUT2D eigenvalue weighted by atomic mass is 16.5. The monoisotopic (exact) mass is 345 g/mol. The van der Waals surface area contributed by atoms with Crippen LogP contribution in [0.3, 0.4) is 0 Å². The first kappa shape index (κ1) is 17.9. The van der Waals surface area contributed by atoms with Gasteiger partial charge in [0.2, 0.25) is 5.91 Å². The van der Waals surface area contributed by atoms with Crippen LogP contribution in [0.5, 0.6) is 0 Å². The molecule has 25 heavy (non-hydrogen) atoms. The van der Waals surface area contributed by atoms with Gasteiger partial charge >= 0.3 is 0 Å². The number of amides is 2. The molecule has 1 aromatic carbocycles. The molecule has 0 aliphatic carbocycles. The van der Waals surface area contributed by atoms with Crippen molar-refractivity contribution in [3.8, 4) is 0 Å². The molecule has 2 aliphatic rings. The summed E-state index contributed by atoms with van der Waals surface area (Å²) in [7, 11) is 2.07. The van der Waals surface area contributed by atoms with Gasteiger partial charge in [0.15, 0.2) is 0 Å². The number of nitrogens with one attached hydrogen (secondary N) is 1. The van der Waals surface area contributed by atoms with Crippen molar-refractivity contribution in [2.45, 2.75) is 31.9 Å². The molecule has 136 valence electrons. The average molecular weight is 345 g/mol. The van der Waals surface area contributed by atoms with Crippen LogP contribution in [0.2, 0.25) is 0 Å². The Hall–Kier alpha value is -1.92. The maximum Gasteiger partial charge on any atom is 0.253 e. The van der Waals surface area contributed by atoms with Crippen molar-refractivity contribution in [1.82, 2.24) is 15.1 Å². The molecule has 1 atom stereocenters. The van der Waals surface area contributed by atoms with Crippen molar-refractivity contribution in [2.24, 2.45) is 0 Å². The minimum atomic E-state index is 0.0180. The van der Waals surface area contributed by atoms with Gasteiger partial charge in [-0.3, -0.25) is 9.59 Å². The van der Waals surface area contributed by atoms with Crippen LogP contribution < -0.4 is 5.32 Å². The standard InChI is InChI=1S/C19H27N3O3/c1-21-8-10-22(11-9-21)19(24)16-6-4-15(5-7-16)14-20-18(23)13-17-3-2-12-25-17/h4-7,17H,2-3,8-14H2,1H3,(H,20,23)/t17-/m0/s1. The topological polar surface area (TPSA) is 61.9 Å². The van der Waals surface area contributed by atoms with Crippen molar-refractivity contribution in [1.29, 1.82) is 0 Å². The minimum absolute atomic E-state index is 0.0180. The Labute approximate surface area is 149 Å². The van der Waals surface area contributed by atoms with E-state index in [-0.39, 0.29) is 17.9 Å². The SMILES string of the molecule is CN1CCN(C(=O)c2ccc(CNC(=O)C[C@@H]3CCCO3)cc2)CC1. The van der Waals surface area contributed by atoms with Gasteiger partial charge in [0, 0.05) is 44.9 Å². The molecule has 0 unspecified atom stereocenters. The molecular weight excluding hydrogens is 318 g/mol. The third kappa shape index (κ3) is 5.03. The second kappa shape index (κ2) is 8.45. The summed E-state index contributed by atoms with van der Waals surface area (Å²) < 4.78 is 5.48. The Morgan fingerprint density at radius 3 is 2.52 bits per heavy atom. The highest BCUT2D eigenvalue weighted by Gasteiger charge is 2.20. The summed E-state index contributed by atoms with van der Waals surface area (Å²) >= 11 is 0. The Morgan fingerprint density at radius 1 is 1.16 bits per heavy atom. The average Bonchev–Trinajstić information content (AvgIpc) is 3.13. The van der Waals surface area contributed by atoms with Gasteiger partial charge in [0.25, 0.3) is 5.91 Å². The second-order valence-corrected chi connectivity index (χ2v) is 6.91. The number of rotatable bonds is 5. The van der Waals surface area contributed by atoms with Gasteiger partial charge < -0.3 is 19.9 Å². The molecule has 6 nitrogen and oxygen atoms in total. The Morgan fingerprint density at radius 2 is 1.88 bits per heavy atom. The molecule has 2 amide bonds. The molecule has 1 aromatic rings. The zero-order valence-corrected chi connectivity index (χ0v) is 14.9. The summed E-state index contributed by atoms with van der Waals surface area (Å²) in [5, 5.41) is 2.92. The Kier molecular flexibility index (Phi) is 6.04. The van der Waals surface area contributed by atoms with Gasteiger partial charge in [0.1, 0.15) is 0 Å². The molecule has 0 bridgehead atoms. The quantitative estimate of drug-likeness (QED) is 0.873. The first-order valence-electron chi connectivity index (χ1n) is 9.07. The van der Waals surface area contributed by atoms with E-state index in [2.05, 4.69) is 17.3 Å². The number of hydrogen-bond donors (Lipinski definition) is 1. The lowest BCUT2D eigenvalue weighted by molar-refractivity contribution is -0.123. The van der Waals surface area contributed by atoms with Crippen molar-refractivity contribution in [2.75, 3.05) is 39.8 Å². The zero-order chi connectivity index (χ0) is 17.6. The molecule has 0 saturated carbocycles. The molecular formula is C19H27N3O3. The fraction of sp³-hybridized carbons (Fsp3) is 0.579. The number of carbonyl (C=O) groups is 2. The van der Waals surface area contributed by atoms with Crippen molar-refractivity contribution >= 4 is 11.8 Å². The summed E-state index contributed by atoms with van der Waals surface area (Å²) in [6.07, 6.45) is 2.51. The van der Waals surface area contributed by atoms with Gasteiger partial charge in [-0.25, -0.2) is 0 Å². The predicted molar refractivity (Wildman–Crippen MR) is 95.3 cm³/mol. The predicted octanol–water partition coefficient (Wildman–Crippen LogP) is 1.26. The summed E-state index contributed by atoms with van der Waals surface area (Å²) in [5.41, 5.74) is 1.70. The van der Waals surface area contributed by atoms with Crippen molar-refractivity contribution in [3.63, 3.8) is 0 Å². The lowest BCUT2D eigenvalue weighted by Crippen LogP contribution is -2.47. The van der Waals surface area contributed by atoms with E-state index in [9.17, 15) is 9.59 Å². The van der Waals surface area contributed by atoms with E-state index in [4.69, 9.17) is 4.74 Å². The molecule has 0 aromatic heterocycles.